The first-order chi connectivity index (χ1) is 15.0. The second kappa shape index (κ2) is 8.88. The molecular weight excluding hydrogens is 392 g/mol. The minimum atomic E-state index is -0.948. The third kappa shape index (κ3) is 4.31. The molecule has 0 radical (unpaired) electrons. The highest BCUT2D eigenvalue weighted by atomic mass is 16.5. The number of para-hydroxylation sites is 1. The summed E-state index contributed by atoms with van der Waals surface area (Å²) in [7, 11) is 0. The standard InChI is InChI=1S/C24H28N4O3/c1-15(2)28-21(13-14-25-28)27-23(29)16(3)31-24(30)22-17-9-5-4-6-11-19(17)26-20-12-8-7-10-18(20)22/h7-8,10,12-16H,4-6,9,11H2,1-3H3,(H,27,29)/t16-/m1/s1. The molecule has 7 nitrogen and oxygen atoms in total. The van der Waals surface area contributed by atoms with E-state index in [9.17, 15) is 9.59 Å². The van der Waals surface area contributed by atoms with Crippen molar-refractivity contribution < 1.29 is 14.3 Å². The molecule has 1 atom stereocenters. The molecule has 31 heavy (non-hydrogen) atoms. The number of carbonyl (C=O) groups is 2. The summed E-state index contributed by atoms with van der Waals surface area (Å²) in [6.07, 6.45) is 5.53. The Balaban J connectivity index is 1.60. The first-order valence-corrected chi connectivity index (χ1v) is 10.9. The number of hydrogen-bond donors (Lipinski definition) is 1. The lowest BCUT2D eigenvalue weighted by Crippen LogP contribution is -2.31. The van der Waals surface area contributed by atoms with Crippen LogP contribution in [0.15, 0.2) is 36.5 Å². The molecule has 3 aromatic rings. The number of hydrogen-bond acceptors (Lipinski definition) is 5. The maximum absolute atomic E-state index is 13.3. The largest absolute Gasteiger partial charge is 0.449 e. The van der Waals surface area contributed by atoms with Crippen LogP contribution >= 0.6 is 0 Å². The van der Waals surface area contributed by atoms with E-state index in [-0.39, 0.29) is 11.9 Å². The zero-order valence-corrected chi connectivity index (χ0v) is 18.2. The van der Waals surface area contributed by atoms with Gasteiger partial charge >= 0.3 is 5.97 Å². The number of aromatic nitrogens is 3. The molecule has 0 aliphatic heterocycles. The second-order valence-corrected chi connectivity index (χ2v) is 8.28. The number of aryl methyl sites for hydroxylation is 1. The Kier molecular flexibility index (Phi) is 6.02. The smallest absolute Gasteiger partial charge is 0.339 e. The van der Waals surface area contributed by atoms with Crippen LogP contribution in [0.5, 0.6) is 0 Å². The topological polar surface area (TPSA) is 86.1 Å². The van der Waals surface area contributed by atoms with Gasteiger partial charge in [0.1, 0.15) is 5.82 Å². The van der Waals surface area contributed by atoms with Gasteiger partial charge in [0.15, 0.2) is 6.10 Å². The number of nitrogens with one attached hydrogen (secondary N) is 1. The Hall–Kier alpha value is -3.22. The van der Waals surface area contributed by atoms with Crippen molar-refractivity contribution in [3.63, 3.8) is 0 Å². The third-order valence-corrected chi connectivity index (χ3v) is 5.69. The van der Waals surface area contributed by atoms with E-state index >= 15 is 0 Å². The van der Waals surface area contributed by atoms with Gasteiger partial charge in [-0.2, -0.15) is 5.10 Å². The molecule has 0 saturated heterocycles. The molecular formula is C24H28N4O3. The first-order valence-electron chi connectivity index (χ1n) is 10.9. The average Bonchev–Trinajstić information content (AvgIpc) is 3.09. The van der Waals surface area contributed by atoms with Gasteiger partial charge in [-0.15, -0.1) is 0 Å². The lowest BCUT2D eigenvalue weighted by molar-refractivity contribution is -0.123. The number of fused-ring (bicyclic) bond motifs is 2. The molecule has 1 amide bonds. The molecule has 7 heteroatoms. The fourth-order valence-corrected chi connectivity index (χ4v) is 4.11. The number of benzene rings is 1. The van der Waals surface area contributed by atoms with Crippen LogP contribution in [-0.4, -0.2) is 32.7 Å². The van der Waals surface area contributed by atoms with Crippen molar-refractivity contribution in [3.05, 3.63) is 53.3 Å². The summed E-state index contributed by atoms with van der Waals surface area (Å²) in [6.45, 7) is 5.55. The molecule has 1 N–H and O–H groups in total. The highest BCUT2D eigenvalue weighted by molar-refractivity contribution is 6.06. The van der Waals surface area contributed by atoms with E-state index in [0.717, 1.165) is 54.3 Å². The number of nitrogens with zero attached hydrogens (tertiary/aromatic N) is 3. The van der Waals surface area contributed by atoms with E-state index in [1.165, 1.54) is 0 Å². The summed E-state index contributed by atoms with van der Waals surface area (Å²) in [5.41, 5.74) is 3.27. The van der Waals surface area contributed by atoms with E-state index in [4.69, 9.17) is 9.72 Å². The molecule has 1 aliphatic rings. The SMILES string of the molecule is CC(C)n1nccc1NC(=O)[C@@H](C)OC(=O)c1c2c(nc3ccccc13)CCCCC2. The van der Waals surface area contributed by atoms with Crippen LogP contribution < -0.4 is 5.32 Å². The number of ether oxygens (including phenoxy) is 1. The lowest BCUT2D eigenvalue weighted by Gasteiger charge is -2.18. The molecule has 1 aliphatic carbocycles. The predicted octanol–water partition coefficient (Wildman–Crippen LogP) is 4.47. The molecule has 2 heterocycles. The summed E-state index contributed by atoms with van der Waals surface area (Å²) in [6, 6.07) is 9.45. The number of pyridine rings is 1. The maximum Gasteiger partial charge on any atom is 0.339 e. The van der Waals surface area contributed by atoms with Crippen molar-refractivity contribution in [2.75, 3.05) is 5.32 Å². The van der Waals surface area contributed by atoms with Crippen LogP contribution in [0.2, 0.25) is 0 Å². The molecule has 1 aromatic carbocycles. The van der Waals surface area contributed by atoms with Crippen molar-refractivity contribution in [2.24, 2.45) is 0 Å². The van der Waals surface area contributed by atoms with Gasteiger partial charge in [0.25, 0.3) is 5.91 Å². The molecule has 0 unspecified atom stereocenters. The van der Waals surface area contributed by atoms with Crippen LogP contribution in [0.3, 0.4) is 0 Å². The van der Waals surface area contributed by atoms with Crippen LogP contribution in [0.25, 0.3) is 10.9 Å². The van der Waals surface area contributed by atoms with Gasteiger partial charge in [0.05, 0.1) is 17.3 Å². The van der Waals surface area contributed by atoms with Crippen molar-refractivity contribution in [1.82, 2.24) is 14.8 Å². The van der Waals surface area contributed by atoms with Crippen molar-refractivity contribution >= 4 is 28.6 Å². The minimum Gasteiger partial charge on any atom is -0.449 e. The zero-order valence-electron chi connectivity index (χ0n) is 18.2. The van der Waals surface area contributed by atoms with Crippen molar-refractivity contribution in [1.29, 1.82) is 0 Å². The molecule has 162 valence electrons. The lowest BCUT2D eigenvalue weighted by atomic mass is 9.97. The summed E-state index contributed by atoms with van der Waals surface area (Å²) in [4.78, 5) is 30.8. The number of rotatable bonds is 5. The highest BCUT2D eigenvalue weighted by Gasteiger charge is 2.26. The summed E-state index contributed by atoms with van der Waals surface area (Å²) in [5, 5.41) is 7.80. The van der Waals surface area contributed by atoms with Crippen molar-refractivity contribution in [2.45, 2.75) is 65.0 Å². The molecule has 2 aromatic heterocycles. The molecule has 0 spiro atoms. The van der Waals surface area contributed by atoms with E-state index in [1.807, 2.05) is 38.1 Å². The normalized spacial score (nSPS) is 14.7. The number of esters is 1. The molecule has 0 fully saturated rings. The van der Waals surface area contributed by atoms with Crippen LogP contribution in [0, 0.1) is 0 Å². The Morgan fingerprint density at radius 3 is 2.65 bits per heavy atom. The molecule has 0 bridgehead atoms. The highest BCUT2D eigenvalue weighted by Crippen LogP contribution is 2.29. The second-order valence-electron chi connectivity index (χ2n) is 8.28. The first kappa shape index (κ1) is 21.0. The zero-order chi connectivity index (χ0) is 22.0. The van der Waals surface area contributed by atoms with Crippen LogP contribution in [-0.2, 0) is 22.4 Å². The maximum atomic E-state index is 13.3. The Morgan fingerprint density at radius 1 is 1.06 bits per heavy atom. The molecule has 4 rings (SSSR count). The Bertz CT molecular complexity index is 1120. The number of anilines is 1. The fourth-order valence-electron chi connectivity index (χ4n) is 4.11. The van der Waals surface area contributed by atoms with E-state index in [0.29, 0.717) is 11.4 Å². The Morgan fingerprint density at radius 2 is 1.84 bits per heavy atom. The van der Waals surface area contributed by atoms with Crippen LogP contribution in [0.4, 0.5) is 5.82 Å². The van der Waals surface area contributed by atoms with Gasteiger partial charge in [-0.05, 0) is 58.1 Å². The summed E-state index contributed by atoms with van der Waals surface area (Å²) >= 11 is 0. The van der Waals surface area contributed by atoms with Crippen molar-refractivity contribution in [3.8, 4) is 0 Å². The van der Waals surface area contributed by atoms with E-state index in [1.54, 1.807) is 23.9 Å². The summed E-state index contributed by atoms with van der Waals surface area (Å²) < 4.78 is 7.36. The Labute approximate surface area is 181 Å². The quantitative estimate of drug-likeness (QED) is 0.486. The van der Waals surface area contributed by atoms with Gasteiger partial charge in [-0.3, -0.25) is 9.78 Å². The predicted molar refractivity (Wildman–Crippen MR) is 119 cm³/mol. The monoisotopic (exact) mass is 420 g/mol. The van der Waals surface area contributed by atoms with Gasteiger partial charge in [0, 0.05) is 23.2 Å². The summed E-state index contributed by atoms with van der Waals surface area (Å²) in [5.74, 6) is -0.289. The average molecular weight is 421 g/mol. The van der Waals surface area contributed by atoms with Gasteiger partial charge in [-0.1, -0.05) is 24.6 Å². The third-order valence-electron chi connectivity index (χ3n) is 5.69. The van der Waals surface area contributed by atoms with Crippen LogP contribution in [0.1, 0.15) is 67.7 Å². The number of carbonyl (C=O) groups excluding carboxylic acids is 2. The van der Waals surface area contributed by atoms with Gasteiger partial charge in [-0.25, -0.2) is 9.48 Å². The van der Waals surface area contributed by atoms with Gasteiger partial charge < -0.3 is 10.1 Å². The van der Waals surface area contributed by atoms with E-state index in [2.05, 4.69) is 10.4 Å². The van der Waals surface area contributed by atoms with E-state index < -0.39 is 12.1 Å². The molecule has 0 saturated carbocycles. The van der Waals surface area contributed by atoms with Gasteiger partial charge in [0.2, 0.25) is 0 Å². The number of amides is 1. The fraction of sp³-hybridized carbons (Fsp3) is 0.417. The minimum absolute atomic E-state index is 0.0989.